The zero-order valence-corrected chi connectivity index (χ0v) is 12.5. The molecule has 2 aromatic carbocycles. The van der Waals surface area contributed by atoms with E-state index in [1.807, 2.05) is 37.3 Å². The first kappa shape index (κ1) is 13.9. The van der Waals surface area contributed by atoms with Crippen molar-refractivity contribution in [2.75, 3.05) is 6.54 Å². The van der Waals surface area contributed by atoms with E-state index in [9.17, 15) is 4.79 Å². The van der Waals surface area contributed by atoms with Gasteiger partial charge in [-0.2, -0.15) is 0 Å². The van der Waals surface area contributed by atoms with Crippen LogP contribution in [0.2, 0.25) is 0 Å². The summed E-state index contributed by atoms with van der Waals surface area (Å²) in [4.78, 5) is 14.8. The van der Waals surface area contributed by atoms with Crippen molar-refractivity contribution in [3.63, 3.8) is 0 Å². The summed E-state index contributed by atoms with van der Waals surface area (Å²) in [7, 11) is 0. The van der Waals surface area contributed by atoms with Gasteiger partial charge in [0.1, 0.15) is 0 Å². The molecule has 0 aliphatic carbocycles. The molecule has 1 heterocycles. The Morgan fingerprint density at radius 2 is 1.95 bits per heavy atom. The van der Waals surface area contributed by atoms with Crippen molar-refractivity contribution < 1.29 is 4.79 Å². The summed E-state index contributed by atoms with van der Waals surface area (Å²) in [6.45, 7) is 2.91. The first-order valence-electron chi connectivity index (χ1n) is 7.65. The van der Waals surface area contributed by atoms with Gasteiger partial charge in [0.2, 0.25) is 0 Å². The van der Waals surface area contributed by atoms with Gasteiger partial charge in [-0.1, -0.05) is 48.0 Å². The lowest BCUT2D eigenvalue weighted by Crippen LogP contribution is -2.36. The lowest BCUT2D eigenvalue weighted by atomic mass is 10.0. The summed E-state index contributed by atoms with van der Waals surface area (Å²) < 4.78 is 0. The summed E-state index contributed by atoms with van der Waals surface area (Å²) >= 11 is 0. The molecule has 2 aromatic rings. The number of hydrogen-bond donors (Lipinski definition) is 0. The summed E-state index contributed by atoms with van der Waals surface area (Å²) in [5, 5.41) is 0. The second kappa shape index (κ2) is 6.13. The molecule has 0 bridgehead atoms. The van der Waals surface area contributed by atoms with Crippen LogP contribution in [0.5, 0.6) is 0 Å². The van der Waals surface area contributed by atoms with Crippen LogP contribution in [0.1, 0.15) is 34.3 Å². The maximum atomic E-state index is 12.7. The first-order chi connectivity index (χ1) is 10.2. The number of carbonyl (C=O) groups is 1. The number of aryl methyl sites for hydroxylation is 1. The van der Waals surface area contributed by atoms with Crippen molar-refractivity contribution in [2.24, 2.45) is 0 Å². The number of hydrogen-bond acceptors (Lipinski definition) is 1. The van der Waals surface area contributed by atoms with E-state index in [0.29, 0.717) is 6.04 Å². The smallest absolute Gasteiger partial charge is 0.254 e. The van der Waals surface area contributed by atoms with Gasteiger partial charge in [-0.25, -0.2) is 0 Å². The summed E-state index contributed by atoms with van der Waals surface area (Å²) in [5.41, 5.74) is 3.26. The minimum Gasteiger partial charge on any atom is -0.335 e. The van der Waals surface area contributed by atoms with E-state index >= 15 is 0 Å². The predicted molar refractivity (Wildman–Crippen MR) is 85.4 cm³/mol. The highest BCUT2D eigenvalue weighted by Gasteiger charge is 2.29. The molecule has 0 N–H and O–H groups in total. The Bertz CT molecular complexity index is 620. The third-order valence-electron chi connectivity index (χ3n) is 4.22. The Kier molecular flexibility index (Phi) is 4.05. The fraction of sp³-hybridized carbons (Fsp3) is 0.316. The van der Waals surface area contributed by atoms with Gasteiger partial charge in [-0.05, 0) is 43.9 Å². The van der Waals surface area contributed by atoms with Gasteiger partial charge >= 0.3 is 0 Å². The minimum atomic E-state index is 0.178. The molecule has 1 saturated heterocycles. The van der Waals surface area contributed by atoms with E-state index in [2.05, 4.69) is 29.2 Å². The lowest BCUT2D eigenvalue weighted by molar-refractivity contribution is 0.0736. The average molecular weight is 279 g/mol. The molecular formula is C19H21NO. The van der Waals surface area contributed by atoms with Gasteiger partial charge < -0.3 is 4.90 Å². The second-order valence-corrected chi connectivity index (χ2v) is 5.85. The Morgan fingerprint density at radius 1 is 1.14 bits per heavy atom. The summed E-state index contributed by atoms with van der Waals surface area (Å²) in [6.07, 6.45) is 3.17. The number of carbonyl (C=O) groups excluding carboxylic acids is 1. The third-order valence-corrected chi connectivity index (χ3v) is 4.22. The molecule has 21 heavy (non-hydrogen) atoms. The van der Waals surface area contributed by atoms with Crippen molar-refractivity contribution >= 4 is 5.91 Å². The van der Waals surface area contributed by atoms with Crippen molar-refractivity contribution in [1.82, 2.24) is 4.90 Å². The van der Waals surface area contributed by atoms with E-state index in [-0.39, 0.29) is 5.91 Å². The van der Waals surface area contributed by atoms with Crippen molar-refractivity contribution in [3.05, 3.63) is 71.3 Å². The molecule has 2 nitrogen and oxygen atoms in total. The van der Waals surface area contributed by atoms with E-state index in [1.54, 1.807) is 0 Å². The topological polar surface area (TPSA) is 20.3 Å². The van der Waals surface area contributed by atoms with E-state index < -0.39 is 0 Å². The number of rotatable bonds is 3. The van der Waals surface area contributed by atoms with Gasteiger partial charge in [0.05, 0.1) is 0 Å². The summed E-state index contributed by atoms with van der Waals surface area (Å²) in [6, 6.07) is 18.7. The van der Waals surface area contributed by atoms with Crippen LogP contribution in [-0.4, -0.2) is 23.4 Å². The van der Waals surface area contributed by atoms with Gasteiger partial charge in [0, 0.05) is 18.2 Å². The highest BCUT2D eigenvalue weighted by atomic mass is 16.2. The standard InChI is InChI=1S/C19H21NO/c1-15-7-5-10-17(13-15)19(21)20-12-6-11-18(20)14-16-8-3-2-4-9-16/h2-5,7-10,13,18H,6,11-12,14H2,1H3. The zero-order chi connectivity index (χ0) is 14.7. The van der Waals surface area contributed by atoms with Crippen molar-refractivity contribution in [2.45, 2.75) is 32.2 Å². The van der Waals surface area contributed by atoms with Crippen molar-refractivity contribution in [1.29, 1.82) is 0 Å². The molecule has 108 valence electrons. The van der Waals surface area contributed by atoms with Gasteiger partial charge in [0.25, 0.3) is 5.91 Å². The quantitative estimate of drug-likeness (QED) is 0.836. The number of amides is 1. The molecule has 0 aromatic heterocycles. The molecule has 1 atom stereocenters. The molecule has 1 amide bonds. The van der Waals surface area contributed by atoms with Crippen LogP contribution in [-0.2, 0) is 6.42 Å². The van der Waals surface area contributed by atoms with E-state index in [1.165, 1.54) is 5.56 Å². The molecule has 1 fully saturated rings. The SMILES string of the molecule is Cc1cccc(C(=O)N2CCCC2Cc2ccccc2)c1. The number of nitrogens with zero attached hydrogens (tertiary/aromatic N) is 1. The van der Waals surface area contributed by atoms with Crippen LogP contribution < -0.4 is 0 Å². The molecule has 1 unspecified atom stereocenters. The molecule has 0 spiro atoms. The summed E-state index contributed by atoms with van der Waals surface area (Å²) in [5.74, 6) is 0.178. The Morgan fingerprint density at radius 3 is 2.71 bits per heavy atom. The Hall–Kier alpha value is -2.09. The highest BCUT2D eigenvalue weighted by molar-refractivity contribution is 5.94. The third kappa shape index (κ3) is 3.15. The highest BCUT2D eigenvalue weighted by Crippen LogP contribution is 2.23. The fourth-order valence-corrected chi connectivity index (χ4v) is 3.15. The average Bonchev–Trinajstić information content (AvgIpc) is 2.95. The Labute approximate surface area is 126 Å². The molecule has 1 aliphatic rings. The van der Waals surface area contributed by atoms with Crippen LogP contribution in [0.15, 0.2) is 54.6 Å². The number of benzene rings is 2. The molecular weight excluding hydrogens is 258 g/mol. The molecule has 2 heteroatoms. The van der Waals surface area contributed by atoms with E-state index in [4.69, 9.17) is 0 Å². The molecule has 0 radical (unpaired) electrons. The van der Waals surface area contributed by atoms with Crippen molar-refractivity contribution in [3.8, 4) is 0 Å². The fourth-order valence-electron chi connectivity index (χ4n) is 3.15. The molecule has 0 saturated carbocycles. The van der Waals surface area contributed by atoms with Gasteiger partial charge in [0.15, 0.2) is 0 Å². The maximum Gasteiger partial charge on any atom is 0.254 e. The largest absolute Gasteiger partial charge is 0.335 e. The van der Waals surface area contributed by atoms with Crippen LogP contribution in [0, 0.1) is 6.92 Å². The first-order valence-corrected chi connectivity index (χ1v) is 7.65. The minimum absolute atomic E-state index is 0.178. The zero-order valence-electron chi connectivity index (χ0n) is 12.5. The maximum absolute atomic E-state index is 12.7. The Balaban J connectivity index is 1.76. The van der Waals surface area contributed by atoms with Gasteiger partial charge in [-0.15, -0.1) is 0 Å². The molecule has 3 rings (SSSR count). The van der Waals surface area contributed by atoms with Crippen LogP contribution in [0.4, 0.5) is 0 Å². The monoisotopic (exact) mass is 279 g/mol. The van der Waals surface area contributed by atoms with Crippen LogP contribution in [0.3, 0.4) is 0 Å². The second-order valence-electron chi connectivity index (χ2n) is 5.85. The van der Waals surface area contributed by atoms with E-state index in [0.717, 1.165) is 36.9 Å². The predicted octanol–water partition coefficient (Wildman–Crippen LogP) is 3.84. The van der Waals surface area contributed by atoms with Crippen LogP contribution in [0.25, 0.3) is 0 Å². The normalized spacial score (nSPS) is 18.0. The number of likely N-dealkylation sites (tertiary alicyclic amines) is 1. The lowest BCUT2D eigenvalue weighted by Gasteiger charge is -2.25. The molecule has 1 aliphatic heterocycles. The van der Waals surface area contributed by atoms with Crippen LogP contribution >= 0.6 is 0 Å². The van der Waals surface area contributed by atoms with Gasteiger partial charge in [-0.3, -0.25) is 4.79 Å².